The first-order valence-electron chi connectivity index (χ1n) is 7.28. The van der Waals surface area contributed by atoms with Crippen molar-refractivity contribution >= 4 is 40.7 Å². The summed E-state index contributed by atoms with van der Waals surface area (Å²) < 4.78 is 0. The molecule has 2 rings (SSSR count). The van der Waals surface area contributed by atoms with Crippen LogP contribution >= 0.6 is 23.2 Å². The highest BCUT2D eigenvalue weighted by Gasteiger charge is 2.33. The molecule has 1 aliphatic rings. The molecule has 0 bridgehead atoms. The topological polar surface area (TPSA) is 76.6 Å². The molecule has 1 aromatic rings. The third-order valence-corrected chi connectivity index (χ3v) is 4.72. The summed E-state index contributed by atoms with van der Waals surface area (Å²) in [6, 6.07) is 4.63. The van der Waals surface area contributed by atoms with Gasteiger partial charge in [-0.2, -0.15) is 0 Å². The van der Waals surface area contributed by atoms with Crippen LogP contribution in [0.1, 0.15) is 19.8 Å². The van der Waals surface area contributed by atoms with Crippen molar-refractivity contribution in [3.63, 3.8) is 0 Å². The average molecular weight is 345 g/mol. The monoisotopic (exact) mass is 344 g/mol. The van der Waals surface area contributed by atoms with Gasteiger partial charge in [0.1, 0.15) is 0 Å². The number of nitrogens with two attached hydrogens (primary N) is 1. The van der Waals surface area contributed by atoms with Crippen molar-refractivity contribution in [3.05, 3.63) is 28.2 Å². The standard InChI is InChI=1S/C15H19Cl2N3O2/c1-9(20-6-2-3-10(8-20)14(18)21)15(22)19-13-7-11(16)4-5-12(13)17/h4-5,7,9-10H,2-3,6,8H2,1H3,(H2,18,21)(H,19,22)/p+1/t9-,10-/m0/s1. The van der Waals surface area contributed by atoms with Crippen molar-refractivity contribution in [1.82, 2.24) is 0 Å². The van der Waals surface area contributed by atoms with Crippen LogP contribution in [0.4, 0.5) is 5.69 Å². The van der Waals surface area contributed by atoms with E-state index in [1.807, 2.05) is 6.92 Å². The van der Waals surface area contributed by atoms with Crippen LogP contribution in [0.5, 0.6) is 0 Å². The van der Waals surface area contributed by atoms with E-state index in [1.165, 1.54) is 0 Å². The summed E-state index contributed by atoms with van der Waals surface area (Å²) in [5, 5.41) is 3.74. The van der Waals surface area contributed by atoms with Gasteiger partial charge in [0.05, 0.1) is 29.7 Å². The Morgan fingerprint density at radius 3 is 2.82 bits per heavy atom. The quantitative estimate of drug-likeness (QED) is 0.764. The Balaban J connectivity index is 2.02. The highest BCUT2D eigenvalue weighted by molar-refractivity contribution is 6.35. The lowest BCUT2D eigenvalue weighted by Crippen LogP contribution is -3.18. The number of quaternary nitrogens is 1. The molecule has 1 fully saturated rings. The molecule has 0 spiro atoms. The van der Waals surface area contributed by atoms with E-state index in [9.17, 15) is 9.59 Å². The van der Waals surface area contributed by atoms with Gasteiger partial charge in [-0.05, 0) is 38.0 Å². The summed E-state index contributed by atoms with van der Waals surface area (Å²) in [6.45, 7) is 3.28. The van der Waals surface area contributed by atoms with Crippen molar-refractivity contribution < 1.29 is 14.5 Å². The smallest absolute Gasteiger partial charge is 0.282 e. The first kappa shape index (κ1) is 17.1. The Bertz CT molecular complexity index is 580. The maximum atomic E-state index is 12.4. The van der Waals surface area contributed by atoms with Crippen molar-refractivity contribution in [2.24, 2.45) is 11.7 Å². The van der Waals surface area contributed by atoms with Gasteiger partial charge in [0.2, 0.25) is 5.91 Å². The predicted molar refractivity (Wildman–Crippen MR) is 87.2 cm³/mol. The van der Waals surface area contributed by atoms with Crippen LogP contribution < -0.4 is 16.0 Å². The molecule has 1 aliphatic heterocycles. The van der Waals surface area contributed by atoms with Crippen molar-refractivity contribution in [2.75, 3.05) is 18.4 Å². The molecule has 1 heterocycles. The molecule has 22 heavy (non-hydrogen) atoms. The van der Waals surface area contributed by atoms with Gasteiger partial charge in [-0.15, -0.1) is 0 Å². The Morgan fingerprint density at radius 2 is 2.14 bits per heavy atom. The molecule has 120 valence electrons. The number of rotatable bonds is 4. The van der Waals surface area contributed by atoms with Crippen LogP contribution in [0.2, 0.25) is 10.0 Å². The number of benzene rings is 1. The van der Waals surface area contributed by atoms with Gasteiger partial charge in [-0.1, -0.05) is 23.2 Å². The highest BCUT2D eigenvalue weighted by atomic mass is 35.5. The molecular weight excluding hydrogens is 325 g/mol. The normalized spacial score (nSPS) is 22.9. The van der Waals surface area contributed by atoms with Crippen LogP contribution in [0.25, 0.3) is 0 Å². The fourth-order valence-corrected chi connectivity index (χ4v) is 3.09. The van der Waals surface area contributed by atoms with Gasteiger partial charge in [0.25, 0.3) is 5.91 Å². The van der Waals surface area contributed by atoms with Crippen molar-refractivity contribution in [3.8, 4) is 0 Å². The summed E-state index contributed by atoms with van der Waals surface area (Å²) >= 11 is 12.0. The van der Waals surface area contributed by atoms with Crippen LogP contribution in [0, 0.1) is 5.92 Å². The number of carbonyl (C=O) groups excluding carboxylic acids is 2. The van der Waals surface area contributed by atoms with E-state index in [4.69, 9.17) is 28.9 Å². The molecule has 5 nitrogen and oxygen atoms in total. The molecule has 0 radical (unpaired) electrons. The van der Waals surface area contributed by atoms with Gasteiger partial charge in [-0.25, -0.2) is 0 Å². The zero-order valence-corrected chi connectivity index (χ0v) is 13.9. The molecule has 0 aromatic heterocycles. The minimum absolute atomic E-state index is 0.149. The minimum atomic E-state index is -0.294. The molecule has 1 aromatic carbocycles. The van der Waals surface area contributed by atoms with Gasteiger partial charge in [-0.3, -0.25) is 9.59 Å². The second-order valence-electron chi connectivity index (χ2n) is 5.69. The molecule has 1 unspecified atom stereocenters. The number of halogens is 2. The highest BCUT2D eigenvalue weighted by Crippen LogP contribution is 2.25. The Kier molecular flexibility index (Phi) is 5.67. The molecule has 0 aliphatic carbocycles. The lowest BCUT2D eigenvalue weighted by molar-refractivity contribution is -0.921. The number of carbonyl (C=O) groups is 2. The van der Waals surface area contributed by atoms with Crippen LogP contribution in [-0.4, -0.2) is 30.9 Å². The second kappa shape index (κ2) is 7.31. The maximum Gasteiger partial charge on any atom is 0.282 e. The molecule has 0 saturated carbocycles. The number of primary amides is 1. The minimum Gasteiger partial charge on any atom is -0.369 e. The Morgan fingerprint density at radius 1 is 1.41 bits per heavy atom. The van der Waals surface area contributed by atoms with E-state index in [-0.39, 0.29) is 23.8 Å². The second-order valence-corrected chi connectivity index (χ2v) is 6.53. The van der Waals surface area contributed by atoms with E-state index in [2.05, 4.69) is 5.32 Å². The predicted octanol–water partition coefficient (Wildman–Crippen LogP) is 1.10. The Hall–Kier alpha value is -1.30. The molecule has 3 atom stereocenters. The SMILES string of the molecule is C[C@@H](C(=O)Nc1cc(Cl)ccc1Cl)[NH+]1CCC[C@H](C(N)=O)C1. The molecule has 7 heteroatoms. The number of likely N-dealkylation sites (tertiary alicyclic amines) is 1. The number of anilines is 1. The summed E-state index contributed by atoms with van der Waals surface area (Å²) in [5.74, 6) is -0.597. The van der Waals surface area contributed by atoms with E-state index < -0.39 is 0 Å². The lowest BCUT2D eigenvalue weighted by atomic mass is 9.96. The number of hydrogen-bond donors (Lipinski definition) is 3. The van der Waals surface area contributed by atoms with E-state index in [0.29, 0.717) is 22.3 Å². The number of piperidine rings is 1. The third kappa shape index (κ3) is 4.12. The fourth-order valence-electron chi connectivity index (χ4n) is 2.75. The fraction of sp³-hybridized carbons (Fsp3) is 0.467. The van der Waals surface area contributed by atoms with Gasteiger partial charge in [0.15, 0.2) is 6.04 Å². The lowest BCUT2D eigenvalue weighted by Gasteiger charge is -2.32. The van der Waals surface area contributed by atoms with Gasteiger partial charge in [0, 0.05) is 5.02 Å². The third-order valence-electron chi connectivity index (χ3n) is 4.15. The van der Waals surface area contributed by atoms with Gasteiger partial charge < -0.3 is 16.0 Å². The van der Waals surface area contributed by atoms with Gasteiger partial charge >= 0.3 is 0 Å². The average Bonchev–Trinajstić information content (AvgIpc) is 2.50. The van der Waals surface area contributed by atoms with E-state index in [1.54, 1.807) is 18.2 Å². The summed E-state index contributed by atoms with van der Waals surface area (Å²) in [4.78, 5) is 24.8. The van der Waals surface area contributed by atoms with Crippen LogP contribution in [0.3, 0.4) is 0 Å². The number of amides is 2. The molecule has 1 saturated heterocycles. The first-order valence-corrected chi connectivity index (χ1v) is 8.04. The van der Waals surface area contributed by atoms with Crippen molar-refractivity contribution in [1.29, 1.82) is 0 Å². The largest absolute Gasteiger partial charge is 0.369 e. The van der Waals surface area contributed by atoms with Crippen LogP contribution in [0.15, 0.2) is 18.2 Å². The number of nitrogens with one attached hydrogen (secondary N) is 2. The first-order chi connectivity index (χ1) is 10.4. The number of hydrogen-bond acceptors (Lipinski definition) is 2. The summed E-state index contributed by atoms with van der Waals surface area (Å²) in [7, 11) is 0. The van der Waals surface area contributed by atoms with Crippen LogP contribution in [-0.2, 0) is 9.59 Å². The molecule has 2 amide bonds. The molecule has 4 N–H and O–H groups in total. The Labute approximate surface area is 139 Å². The van der Waals surface area contributed by atoms with Crippen molar-refractivity contribution in [2.45, 2.75) is 25.8 Å². The van der Waals surface area contributed by atoms with E-state index >= 15 is 0 Å². The zero-order valence-electron chi connectivity index (χ0n) is 12.4. The zero-order chi connectivity index (χ0) is 16.3. The van der Waals surface area contributed by atoms with E-state index in [0.717, 1.165) is 24.3 Å². The maximum absolute atomic E-state index is 12.4. The summed E-state index contributed by atoms with van der Waals surface area (Å²) in [6.07, 6.45) is 1.69. The summed E-state index contributed by atoms with van der Waals surface area (Å²) in [5.41, 5.74) is 5.88. The molecular formula is C15H20Cl2N3O2+.